The van der Waals surface area contributed by atoms with E-state index in [4.69, 9.17) is 0 Å². The minimum absolute atomic E-state index is 0.0805. The molecule has 0 radical (unpaired) electrons. The number of amides is 1. The summed E-state index contributed by atoms with van der Waals surface area (Å²) in [6.45, 7) is 6.93. The number of benzene rings is 2. The first-order valence-electron chi connectivity index (χ1n) is 7.69. The smallest absolute Gasteiger partial charge is 0.255 e. The van der Waals surface area contributed by atoms with E-state index in [0.29, 0.717) is 16.8 Å². The summed E-state index contributed by atoms with van der Waals surface area (Å²) in [6, 6.07) is 9.69. The number of halogens is 1. The fourth-order valence-electron chi connectivity index (χ4n) is 2.21. The lowest BCUT2D eigenvalue weighted by atomic mass is 10.1. The van der Waals surface area contributed by atoms with Crippen molar-refractivity contribution in [2.45, 2.75) is 38.1 Å². The molecule has 0 spiro atoms. The molecule has 134 valence electrons. The molecule has 0 aliphatic rings. The van der Waals surface area contributed by atoms with Crippen LogP contribution in [-0.2, 0) is 10.0 Å². The van der Waals surface area contributed by atoms with Crippen molar-refractivity contribution in [3.8, 4) is 0 Å². The third-order valence-electron chi connectivity index (χ3n) is 3.30. The van der Waals surface area contributed by atoms with Crippen LogP contribution < -0.4 is 10.0 Å². The van der Waals surface area contributed by atoms with Crippen LogP contribution >= 0.6 is 0 Å². The quantitative estimate of drug-likeness (QED) is 0.872. The molecular weight excluding hydrogens is 343 g/mol. The zero-order chi connectivity index (χ0) is 18.8. The number of anilines is 1. The summed E-state index contributed by atoms with van der Waals surface area (Å²) in [7, 11) is -3.65. The Morgan fingerprint density at radius 1 is 1.04 bits per heavy atom. The van der Waals surface area contributed by atoms with E-state index in [1.54, 1.807) is 27.7 Å². The van der Waals surface area contributed by atoms with E-state index in [1.165, 1.54) is 42.5 Å². The van der Waals surface area contributed by atoms with Gasteiger partial charge in [0.2, 0.25) is 10.0 Å². The molecule has 0 aromatic heterocycles. The molecule has 25 heavy (non-hydrogen) atoms. The predicted octanol–water partition coefficient (Wildman–Crippen LogP) is 3.46. The highest BCUT2D eigenvalue weighted by atomic mass is 32.2. The van der Waals surface area contributed by atoms with Gasteiger partial charge in [0.1, 0.15) is 5.82 Å². The highest BCUT2D eigenvalue weighted by Crippen LogP contribution is 2.18. The van der Waals surface area contributed by atoms with Gasteiger partial charge in [0.15, 0.2) is 0 Å². The van der Waals surface area contributed by atoms with E-state index in [2.05, 4.69) is 10.0 Å². The van der Waals surface area contributed by atoms with Gasteiger partial charge in [-0.05, 0) is 75.7 Å². The van der Waals surface area contributed by atoms with Crippen molar-refractivity contribution in [1.29, 1.82) is 0 Å². The molecule has 0 saturated heterocycles. The van der Waals surface area contributed by atoms with E-state index in [9.17, 15) is 17.6 Å². The lowest BCUT2D eigenvalue weighted by Crippen LogP contribution is -2.40. The Kier molecular flexibility index (Phi) is 5.29. The molecule has 0 unspecified atom stereocenters. The maximum atomic E-state index is 13.1. The Bertz CT molecular complexity index is 886. The van der Waals surface area contributed by atoms with Crippen molar-refractivity contribution < 1.29 is 17.6 Å². The van der Waals surface area contributed by atoms with Crippen LogP contribution in [0.1, 0.15) is 36.7 Å². The first-order valence-corrected chi connectivity index (χ1v) is 9.18. The van der Waals surface area contributed by atoms with Gasteiger partial charge in [0.05, 0.1) is 4.90 Å². The molecule has 2 rings (SSSR count). The molecule has 5 nitrogen and oxygen atoms in total. The predicted molar refractivity (Wildman–Crippen MR) is 95.6 cm³/mol. The van der Waals surface area contributed by atoms with Gasteiger partial charge >= 0.3 is 0 Å². The fraction of sp³-hybridized carbons (Fsp3) is 0.278. The second-order valence-corrected chi connectivity index (χ2v) is 8.48. The van der Waals surface area contributed by atoms with Crippen molar-refractivity contribution in [1.82, 2.24) is 4.72 Å². The highest BCUT2D eigenvalue weighted by Gasteiger charge is 2.22. The van der Waals surface area contributed by atoms with Crippen LogP contribution in [-0.4, -0.2) is 19.9 Å². The van der Waals surface area contributed by atoms with E-state index < -0.39 is 21.5 Å². The van der Waals surface area contributed by atoms with Crippen LogP contribution in [0.2, 0.25) is 0 Å². The average molecular weight is 364 g/mol. The number of carbonyl (C=O) groups is 1. The minimum Gasteiger partial charge on any atom is -0.322 e. The Labute approximate surface area is 147 Å². The fourth-order valence-corrected chi connectivity index (χ4v) is 3.63. The molecule has 0 fully saturated rings. The number of hydrogen-bond acceptors (Lipinski definition) is 3. The van der Waals surface area contributed by atoms with Crippen molar-refractivity contribution in [3.05, 3.63) is 59.4 Å². The molecule has 0 heterocycles. The second kappa shape index (κ2) is 6.93. The molecular formula is C18H21FN2O3S. The zero-order valence-electron chi connectivity index (χ0n) is 14.6. The third kappa shape index (κ3) is 5.11. The minimum atomic E-state index is -3.65. The first-order chi connectivity index (χ1) is 11.5. The molecule has 1 amide bonds. The van der Waals surface area contributed by atoms with Gasteiger partial charge in [-0.15, -0.1) is 0 Å². The van der Waals surface area contributed by atoms with Gasteiger partial charge in [0, 0.05) is 16.8 Å². The molecule has 0 saturated carbocycles. The van der Waals surface area contributed by atoms with E-state index in [-0.39, 0.29) is 10.7 Å². The summed E-state index contributed by atoms with van der Waals surface area (Å²) in [5.74, 6) is -0.779. The summed E-state index contributed by atoms with van der Waals surface area (Å²) in [6.07, 6.45) is 0. The van der Waals surface area contributed by atoms with Crippen LogP contribution in [0.5, 0.6) is 0 Å². The molecule has 7 heteroatoms. The number of aryl methyl sites for hydroxylation is 1. The van der Waals surface area contributed by atoms with Gasteiger partial charge in [-0.2, -0.15) is 0 Å². The van der Waals surface area contributed by atoms with Crippen molar-refractivity contribution in [3.63, 3.8) is 0 Å². The molecule has 0 aliphatic carbocycles. The summed E-state index contributed by atoms with van der Waals surface area (Å²) in [5.41, 5.74) is 0.799. The van der Waals surface area contributed by atoms with Crippen molar-refractivity contribution in [2.24, 2.45) is 0 Å². The number of nitrogens with one attached hydrogen (secondary N) is 2. The Hall–Kier alpha value is -2.25. The highest BCUT2D eigenvalue weighted by molar-refractivity contribution is 7.89. The van der Waals surface area contributed by atoms with Crippen molar-refractivity contribution in [2.75, 3.05) is 5.32 Å². The standard InChI is InChI=1S/C18H21FN2O3S/c1-12-11-14(19)7-10-16(12)20-17(22)13-5-8-15(9-6-13)25(23,24)21-18(2,3)4/h5-11,21H,1-4H3,(H,20,22). The molecule has 2 N–H and O–H groups in total. The van der Waals surface area contributed by atoms with Crippen LogP contribution in [0.25, 0.3) is 0 Å². The normalized spacial score (nSPS) is 12.0. The number of rotatable bonds is 4. The molecule has 0 aliphatic heterocycles. The number of hydrogen-bond donors (Lipinski definition) is 2. The third-order valence-corrected chi connectivity index (χ3v) is 5.08. The summed E-state index contributed by atoms with van der Waals surface area (Å²) in [5, 5.41) is 2.68. The Balaban J connectivity index is 2.18. The molecule has 0 atom stereocenters. The van der Waals surface area contributed by atoms with E-state index in [0.717, 1.165) is 0 Å². The van der Waals surface area contributed by atoms with Gasteiger partial charge in [0.25, 0.3) is 5.91 Å². The lowest BCUT2D eigenvalue weighted by Gasteiger charge is -2.20. The Morgan fingerprint density at radius 2 is 1.64 bits per heavy atom. The van der Waals surface area contributed by atoms with Gasteiger partial charge in [-0.1, -0.05) is 0 Å². The molecule has 2 aromatic carbocycles. The first kappa shape index (κ1) is 19.1. The SMILES string of the molecule is Cc1cc(F)ccc1NC(=O)c1ccc(S(=O)(=O)NC(C)(C)C)cc1. The van der Waals surface area contributed by atoms with Crippen LogP contribution in [0, 0.1) is 12.7 Å². The number of sulfonamides is 1. The van der Waals surface area contributed by atoms with Gasteiger partial charge < -0.3 is 5.32 Å². The lowest BCUT2D eigenvalue weighted by molar-refractivity contribution is 0.102. The van der Waals surface area contributed by atoms with E-state index in [1.807, 2.05) is 0 Å². The van der Waals surface area contributed by atoms with Crippen molar-refractivity contribution >= 4 is 21.6 Å². The van der Waals surface area contributed by atoms with E-state index >= 15 is 0 Å². The summed E-state index contributed by atoms with van der Waals surface area (Å²) >= 11 is 0. The van der Waals surface area contributed by atoms with Gasteiger partial charge in [-0.25, -0.2) is 17.5 Å². The van der Waals surface area contributed by atoms with Crippen LogP contribution in [0.15, 0.2) is 47.4 Å². The van der Waals surface area contributed by atoms with Crippen LogP contribution in [0.3, 0.4) is 0 Å². The largest absolute Gasteiger partial charge is 0.322 e. The monoisotopic (exact) mass is 364 g/mol. The Morgan fingerprint density at radius 3 is 2.16 bits per heavy atom. The second-order valence-electron chi connectivity index (χ2n) is 6.79. The summed E-state index contributed by atoms with van der Waals surface area (Å²) in [4.78, 5) is 12.4. The molecule has 0 bridgehead atoms. The molecule has 2 aromatic rings. The maximum Gasteiger partial charge on any atom is 0.255 e. The van der Waals surface area contributed by atoms with Crippen LogP contribution in [0.4, 0.5) is 10.1 Å². The summed E-state index contributed by atoms with van der Waals surface area (Å²) < 4.78 is 40.2. The zero-order valence-corrected chi connectivity index (χ0v) is 15.4. The maximum absolute atomic E-state index is 13.1. The number of carbonyl (C=O) groups excluding carboxylic acids is 1. The average Bonchev–Trinajstić information content (AvgIpc) is 2.48. The topological polar surface area (TPSA) is 75.3 Å². The van der Waals surface area contributed by atoms with Gasteiger partial charge in [-0.3, -0.25) is 4.79 Å².